The molecule has 0 heterocycles. The molecule has 5 heteroatoms. The molecule has 0 saturated carbocycles. The normalized spacial score (nSPS) is 12.3. The number of imide groups is 1. The summed E-state index contributed by atoms with van der Waals surface area (Å²) in [5.41, 5.74) is 1.27. The second-order valence-corrected chi connectivity index (χ2v) is 7.49. The summed E-state index contributed by atoms with van der Waals surface area (Å²) in [6, 6.07) is 7.76. The van der Waals surface area contributed by atoms with Gasteiger partial charge in [0.05, 0.1) is 5.25 Å². The number of carbonyl (C=O) groups excluding carboxylic acids is 2. The van der Waals surface area contributed by atoms with Gasteiger partial charge in [-0.2, -0.15) is 0 Å². The minimum Gasteiger partial charge on any atom is -0.338 e. The molecule has 0 spiro atoms. The van der Waals surface area contributed by atoms with Crippen molar-refractivity contribution in [1.82, 2.24) is 10.6 Å². The van der Waals surface area contributed by atoms with Crippen LogP contribution < -0.4 is 10.6 Å². The Morgan fingerprint density at radius 2 is 1.64 bits per heavy atom. The highest BCUT2D eigenvalue weighted by molar-refractivity contribution is 8.00. The van der Waals surface area contributed by atoms with Gasteiger partial charge in [-0.05, 0) is 36.5 Å². The molecule has 1 unspecified atom stereocenters. The Morgan fingerprint density at radius 3 is 2.14 bits per heavy atom. The van der Waals surface area contributed by atoms with E-state index >= 15 is 0 Å². The van der Waals surface area contributed by atoms with Crippen LogP contribution in [0.15, 0.2) is 29.2 Å². The van der Waals surface area contributed by atoms with E-state index in [1.54, 1.807) is 6.92 Å². The monoisotopic (exact) mass is 322 g/mol. The lowest BCUT2D eigenvalue weighted by Gasteiger charge is -2.13. The SMILES string of the molecule is CC(C)CNC(=O)NC(=O)C(C)Sc1ccc(C(C)C)cc1. The van der Waals surface area contributed by atoms with Crippen molar-refractivity contribution in [3.05, 3.63) is 29.8 Å². The molecule has 2 N–H and O–H groups in total. The fourth-order valence-corrected chi connectivity index (χ4v) is 2.61. The van der Waals surface area contributed by atoms with Gasteiger partial charge in [0.1, 0.15) is 0 Å². The van der Waals surface area contributed by atoms with Crippen molar-refractivity contribution in [3.8, 4) is 0 Å². The first kappa shape index (κ1) is 18.6. The first-order valence-corrected chi connectivity index (χ1v) is 8.52. The van der Waals surface area contributed by atoms with Crippen LogP contribution in [0.5, 0.6) is 0 Å². The molecule has 0 aromatic heterocycles. The zero-order chi connectivity index (χ0) is 16.7. The van der Waals surface area contributed by atoms with Crippen LogP contribution in [0.25, 0.3) is 0 Å². The average Bonchev–Trinajstić information content (AvgIpc) is 2.45. The fraction of sp³-hybridized carbons (Fsp3) is 0.529. The van der Waals surface area contributed by atoms with Crippen LogP contribution in [-0.2, 0) is 4.79 Å². The molecule has 0 aliphatic rings. The molecule has 1 aromatic rings. The molecule has 1 atom stereocenters. The van der Waals surface area contributed by atoms with Crippen LogP contribution in [0.2, 0.25) is 0 Å². The highest BCUT2D eigenvalue weighted by Crippen LogP contribution is 2.25. The smallest absolute Gasteiger partial charge is 0.321 e. The van der Waals surface area contributed by atoms with Gasteiger partial charge in [0.15, 0.2) is 0 Å². The van der Waals surface area contributed by atoms with Crippen molar-refractivity contribution in [3.63, 3.8) is 0 Å². The third-order valence-corrected chi connectivity index (χ3v) is 4.25. The summed E-state index contributed by atoms with van der Waals surface area (Å²) in [6.07, 6.45) is 0. The van der Waals surface area contributed by atoms with E-state index in [2.05, 4.69) is 36.6 Å². The zero-order valence-electron chi connectivity index (χ0n) is 14.0. The maximum Gasteiger partial charge on any atom is 0.321 e. The molecule has 0 saturated heterocycles. The standard InChI is InChI=1S/C17H26N2O2S/c1-11(2)10-18-17(21)19-16(20)13(5)22-15-8-6-14(7-9-15)12(3)4/h6-9,11-13H,10H2,1-5H3,(H2,18,19,20,21). The lowest BCUT2D eigenvalue weighted by molar-refractivity contribution is -0.119. The van der Waals surface area contributed by atoms with Gasteiger partial charge in [-0.25, -0.2) is 4.79 Å². The van der Waals surface area contributed by atoms with E-state index in [4.69, 9.17) is 0 Å². The molecule has 1 aromatic carbocycles. The van der Waals surface area contributed by atoms with Gasteiger partial charge in [0.25, 0.3) is 0 Å². The Morgan fingerprint density at radius 1 is 1.05 bits per heavy atom. The van der Waals surface area contributed by atoms with Gasteiger partial charge >= 0.3 is 6.03 Å². The third-order valence-electron chi connectivity index (χ3n) is 3.14. The Labute approximate surface area is 137 Å². The van der Waals surface area contributed by atoms with Crippen LogP contribution in [0.3, 0.4) is 0 Å². The Bertz CT molecular complexity index is 498. The summed E-state index contributed by atoms with van der Waals surface area (Å²) in [5.74, 6) is 0.565. The van der Waals surface area contributed by atoms with Crippen molar-refractivity contribution in [2.24, 2.45) is 5.92 Å². The van der Waals surface area contributed by atoms with E-state index in [0.717, 1.165) is 4.90 Å². The highest BCUT2D eigenvalue weighted by atomic mass is 32.2. The van der Waals surface area contributed by atoms with Crippen LogP contribution in [0, 0.1) is 5.92 Å². The molecular formula is C17H26N2O2S. The number of nitrogens with one attached hydrogen (secondary N) is 2. The van der Waals surface area contributed by atoms with E-state index in [-0.39, 0.29) is 11.2 Å². The minimum atomic E-state index is -0.429. The van der Waals surface area contributed by atoms with E-state index in [1.165, 1.54) is 17.3 Å². The molecule has 22 heavy (non-hydrogen) atoms. The van der Waals surface area contributed by atoms with Gasteiger partial charge in [-0.15, -0.1) is 11.8 Å². The topological polar surface area (TPSA) is 58.2 Å². The Hall–Kier alpha value is -1.49. The predicted octanol–water partition coefficient (Wildman–Crippen LogP) is 3.77. The van der Waals surface area contributed by atoms with Gasteiger partial charge < -0.3 is 5.32 Å². The fourth-order valence-electron chi connectivity index (χ4n) is 1.74. The Balaban J connectivity index is 2.48. The average molecular weight is 322 g/mol. The number of amides is 3. The first-order chi connectivity index (χ1) is 10.3. The van der Waals surface area contributed by atoms with Crippen LogP contribution in [0.1, 0.15) is 46.1 Å². The number of carbonyl (C=O) groups is 2. The molecule has 0 radical (unpaired) electrons. The maximum absolute atomic E-state index is 12.0. The minimum absolute atomic E-state index is 0.279. The van der Waals surface area contributed by atoms with Gasteiger partial charge in [-0.1, -0.05) is 39.8 Å². The van der Waals surface area contributed by atoms with E-state index in [1.807, 2.05) is 26.0 Å². The second kappa shape index (κ2) is 8.83. The zero-order valence-corrected chi connectivity index (χ0v) is 14.8. The highest BCUT2D eigenvalue weighted by Gasteiger charge is 2.17. The largest absolute Gasteiger partial charge is 0.338 e. The third kappa shape index (κ3) is 6.52. The number of thioether (sulfide) groups is 1. The van der Waals surface area contributed by atoms with E-state index < -0.39 is 6.03 Å². The van der Waals surface area contributed by atoms with Crippen molar-refractivity contribution in [2.45, 2.75) is 50.7 Å². The summed E-state index contributed by atoms with van der Waals surface area (Å²) in [5, 5.41) is 4.72. The summed E-state index contributed by atoms with van der Waals surface area (Å²) in [7, 11) is 0. The van der Waals surface area contributed by atoms with Crippen molar-refractivity contribution < 1.29 is 9.59 Å². The molecular weight excluding hydrogens is 296 g/mol. The van der Waals surface area contributed by atoms with Crippen LogP contribution >= 0.6 is 11.8 Å². The van der Waals surface area contributed by atoms with E-state index in [9.17, 15) is 9.59 Å². The number of urea groups is 1. The second-order valence-electron chi connectivity index (χ2n) is 6.08. The summed E-state index contributed by atoms with van der Waals surface area (Å²) >= 11 is 1.45. The van der Waals surface area contributed by atoms with Crippen molar-refractivity contribution in [1.29, 1.82) is 0 Å². The number of benzene rings is 1. The van der Waals surface area contributed by atoms with E-state index in [0.29, 0.717) is 18.4 Å². The molecule has 0 aliphatic carbocycles. The van der Waals surface area contributed by atoms with Crippen molar-refractivity contribution in [2.75, 3.05) is 6.54 Å². The van der Waals surface area contributed by atoms with Crippen LogP contribution in [-0.4, -0.2) is 23.7 Å². The molecule has 1 rings (SSSR count). The predicted molar refractivity (Wildman–Crippen MR) is 92.2 cm³/mol. The molecule has 122 valence electrons. The number of hydrogen-bond donors (Lipinski definition) is 2. The van der Waals surface area contributed by atoms with Crippen LogP contribution in [0.4, 0.5) is 4.79 Å². The summed E-state index contributed by atoms with van der Waals surface area (Å²) < 4.78 is 0. The molecule has 0 aliphatic heterocycles. The number of hydrogen-bond acceptors (Lipinski definition) is 3. The first-order valence-electron chi connectivity index (χ1n) is 7.65. The van der Waals surface area contributed by atoms with Gasteiger partial charge in [0, 0.05) is 11.4 Å². The lowest BCUT2D eigenvalue weighted by Crippen LogP contribution is -2.43. The maximum atomic E-state index is 12.0. The molecule has 4 nitrogen and oxygen atoms in total. The summed E-state index contributed by atoms with van der Waals surface area (Å²) in [6.45, 7) is 10.6. The molecule has 0 fully saturated rings. The molecule has 3 amide bonds. The molecule has 0 bridgehead atoms. The lowest BCUT2D eigenvalue weighted by atomic mass is 10.0. The summed E-state index contributed by atoms with van der Waals surface area (Å²) in [4.78, 5) is 24.6. The quantitative estimate of drug-likeness (QED) is 0.784. The number of rotatable bonds is 6. The van der Waals surface area contributed by atoms with Crippen molar-refractivity contribution >= 4 is 23.7 Å². The Kier molecular flexibility index (Phi) is 7.45. The van der Waals surface area contributed by atoms with Gasteiger partial charge in [-0.3, -0.25) is 10.1 Å². The van der Waals surface area contributed by atoms with Gasteiger partial charge in [0.2, 0.25) is 5.91 Å².